The largest absolute Gasteiger partial charge is 0.478 e. The lowest BCUT2D eigenvalue weighted by Gasteiger charge is -2.12. The van der Waals surface area contributed by atoms with Gasteiger partial charge in [0.2, 0.25) is 0 Å². The van der Waals surface area contributed by atoms with Gasteiger partial charge in [0.05, 0.1) is 16.8 Å². The van der Waals surface area contributed by atoms with Gasteiger partial charge in [0.15, 0.2) is 5.76 Å². The van der Waals surface area contributed by atoms with Crippen molar-refractivity contribution in [3.05, 3.63) is 95.1 Å². The molecule has 0 atom stereocenters. The van der Waals surface area contributed by atoms with Crippen LogP contribution in [0.5, 0.6) is 0 Å². The van der Waals surface area contributed by atoms with E-state index in [1.165, 1.54) is 0 Å². The number of nitrogens with zero attached hydrogens (tertiary/aromatic N) is 1. The third-order valence-electron chi connectivity index (χ3n) is 5.74. The molecule has 0 aliphatic carbocycles. The van der Waals surface area contributed by atoms with Gasteiger partial charge in [0, 0.05) is 17.3 Å². The number of rotatable bonds is 5. The van der Waals surface area contributed by atoms with Gasteiger partial charge in [0.25, 0.3) is 0 Å². The minimum atomic E-state index is -0.984. The van der Waals surface area contributed by atoms with Crippen LogP contribution in [0.3, 0.4) is 0 Å². The number of nitrogens with one attached hydrogen (secondary N) is 1. The molecule has 0 radical (unpaired) electrons. The molecule has 2 aromatic heterocycles. The van der Waals surface area contributed by atoms with Gasteiger partial charge in [-0.1, -0.05) is 54.6 Å². The number of pyridine rings is 1. The monoisotopic (exact) mass is 422 g/mol. The Labute approximate surface area is 185 Å². The zero-order valence-electron chi connectivity index (χ0n) is 17.8. The van der Waals surface area contributed by atoms with Crippen LogP contribution in [-0.4, -0.2) is 16.1 Å². The first-order valence-electron chi connectivity index (χ1n) is 10.5. The number of furan rings is 1. The summed E-state index contributed by atoms with van der Waals surface area (Å²) < 4.78 is 6.21. The molecule has 5 nitrogen and oxygen atoms in total. The summed E-state index contributed by atoms with van der Waals surface area (Å²) in [5.74, 6) is -0.449. The van der Waals surface area contributed by atoms with E-state index in [-0.39, 0.29) is 5.56 Å². The smallest absolute Gasteiger partial charge is 0.336 e. The summed E-state index contributed by atoms with van der Waals surface area (Å²) in [5, 5.41) is 15.0. The summed E-state index contributed by atoms with van der Waals surface area (Å²) >= 11 is 0. The van der Waals surface area contributed by atoms with Crippen LogP contribution >= 0.6 is 0 Å². The number of hydrogen-bond donors (Lipinski definition) is 2. The quantitative estimate of drug-likeness (QED) is 0.335. The highest BCUT2D eigenvalue weighted by Crippen LogP contribution is 2.39. The number of aromatic nitrogens is 1. The van der Waals surface area contributed by atoms with E-state index in [9.17, 15) is 9.90 Å². The third kappa shape index (κ3) is 3.38. The van der Waals surface area contributed by atoms with E-state index < -0.39 is 5.97 Å². The SMILES string of the molecule is Cc1ccc(C)c2c(C(=O)O)cc(-c3oc4ccccc4c3NCc3ccccc3)nc12. The van der Waals surface area contributed by atoms with Gasteiger partial charge >= 0.3 is 5.97 Å². The molecule has 5 rings (SSSR count). The standard InChI is InChI=1S/C27H22N2O3/c1-16-12-13-17(2)24-23(16)20(27(30)31)14-21(29-24)26-25(19-10-6-7-11-22(19)32-26)28-15-18-8-4-3-5-9-18/h3-14,28H,15H2,1-2H3,(H,30,31). The first kappa shape index (κ1) is 19.8. The van der Waals surface area contributed by atoms with Crippen LogP contribution in [0.1, 0.15) is 27.0 Å². The molecule has 0 spiro atoms. The number of aromatic carboxylic acids is 1. The first-order chi connectivity index (χ1) is 15.5. The number of para-hydroxylation sites is 1. The number of benzene rings is 3. The first-order valence-corrected chi connectivity index (χ1v) is 10.5. The summed E-state index contributed by atoms with van der Waals surface area (Å²) in [4.78, 5) is 17.0. The Morgan fingerprint density at radius 1 is 0.969 bits per heavy atom. The number of carboxylic acid groups (broad SMARTS) is 1. The molecule has 0 fully saturated rings. The number of carbonyl (C=O) groups is 1. The molecule has 32 heavy (non-hydrogen) atoms. The molecule has 0 amide bonds. The highest BCUT2D eigenvalue weighted by Gasteiger charge is 2.21. The fraction of sp³-hybridized carbons (Fsp3) is 0.111. The maximum Gasteiger partial charge on any atom is 0.336 e. The number of fused-ring (bicyclic) bond motifs is 2. The van der Waals surface area contributed by atoms with Crippen LogP contribution < -0.4 is 5.32 Å². The van der Waals surface area contributed by atoms with E-state index in [2.05, 4.69) is 17.4 Å². The highest BCUT2D eigenvalue weighted by molar-refractivity contribution is 6.07. The van der Waals surface area contributed by atoms with E-state index in [0.29, 0.717) is 28.9 Å². The summed E-state index contributed by atoms with van der Waals surface area (Å²) in [6.07, 6.45) is 0. The molecule has 0 saturated heterocycles. The van der Waals surface area contributed by atoms with Gasteiger partial charge in [-0.15, -0.1) is 0 Å². The second-order valence-electron chi connectivity index (χ2n) is 7.92. The van der Waals surface area contributed by atoms with Crippen molar-refractivity contribution in [2.45, 2.75) is 20.4 Å². The Morgan fingerprint density at radius 3 is 2.47 bits per heavy atom. The van der Waals surface area contributed by atoms with E-state index >= 15 is 0 Å². The normalized spacial score (nSPS) is 11.2. The van der Waals surface area contributed by atoms with Gasteiger partial charge in [-0.2, -0.15) is 0 Å². The van der Waals surface area contributed by atoms with Crippen LogP contribution in [0.2, 0.25) is 0 Å². The summed E-state index contributed by atoms with van der Waals surface area (Å²) in [6, 6.07) is 23.4. The molecule has 5 aromatic rings. The molecule has 3 aromatic carbocycles. The lowest BCUT2D eigenvalue weighted by molar-refractivity contribution is 0.0699. The molecule has 0 bridgehead atoms. The lowest BCUT2D eigenvalue weighted by atomic mass is 9.99. The summed E-state index contributed by atoms with van der Waals surface area (Å²) in [7, 11) is 0. The van der Waals surface area contributed by atoms with Crippen molar-refractivity contribution in [2.24, 2.45) is 0 Å². The van der Waals surface area contributed by atoms with E-state index in [1.807, 2.05) is 68.4 Å². The molecule has 0 unspecified atom stereocenters. The average molecular weight is 422 g/mol. The van der Waals surface area contributed by atoms with Gasteiger partial charge < -0.3 is 14.8 Å². The van der Waals surface area contributed by atoms with Crippen molar-refractivity contribution < 1.29 is 14.3 Å². The highest BCUT2D eigenvalue weighted by atomic mass is 16.4. The molecule has 2 N–H and O–H groups in total. The van der Waals surface area contributed by atoms with Crippen molar-refractivity contribution >= 4 is 33.5 Å². The van der Waals surface area contributed by atoms with Crippen LogP contribution in [0.15, 0.2) is 77.2 Å². The van der Waals surface area contributed by atoms with Crippen LogP contribution in [0.25, 0.3) is 33.3 Å². The zero-order chi connectivity index (χ0) is 22.2. The van der Waals surface area contributed by atoms with Crippen LogP contribution in [-0.2, 0) is 6.54 Å². The molecular weight excluding hydrogens is 400 g/mol. The van der Waals surface area contributed by atoms with Crippen molar-refractivity contribution in [2.75, 3.05) is 5.32 Å². The fourth-order valence-corrected chi connectivity index (χ4v) is 4.11. The van der Waals surface area contributed by atoms with Gasteiger partial charge in [0.1, 0.15) is 11.3 Å². The summed E-state index contributed by atoms with van der Waals surface area (Å²) in [6.45, 7) is 4.45. The Hall–Kier alpha value is -4.12. The molecule has 0 aliphatic heterocycles. The average Bonchev–Trinajstić information content (AvgIpc) is 3.18. The second kappa shape index (κ2) is 7.85. The number of aryl methyl sites for hydroxylation is 2. The van der Waals surface area contributed by atoms with Crippen molar-refractivity contribution in [3.8, 4) is 11.5 Å². The number of carboxylic acids is 1. The van der Waals surface area contributed by atoms with Gasteiger partial charge in [-0.25, -0.2) is 9.78 Å². The van der Waals surface area contributed by atoms with Gasteiger partial charge in [-0.05, 0) is 48.7 Å². The molecule has 5 heteroatoms. The summed E-state index contributed by atoms with van der Waals surface area (Å²) in [5.41, 5.74) is 5.85. The van der Waals surface area contributed by atoms with Crippen molar-refractivity contribution in [3.63, 3.8) is 0 Å². The minimum absolute atomic E-state index is 0.223. The predicted octanol–water partition coefficient (Wildman–Crippen LogP) is 6.58. The van der Waals surface area contributed by atoms with Gasteiger partial charge in [-0.3, -0.25) is 0 Å². The topological polar surface area (TPSA) is 75.4 Å². The maximum absolute atomic E-state index is 12.2. The van der Waals surface area contributed by atoms with Crippen molar-refractivity contribution in [1.29, 1.82) is 0 Å². The van der Waals surface area contributed by atoms with E-state index in [0.717, 1.165) is 33.3 Å². The Balaban J connectivity index is 1.72. The number of anilines is 1. The molecule has 2 heterocycles. The van der Waals surface area contributed by atoms with E-state index in [4.69, 9.17) is 9.40 Å². The van der Waals surface area contributed by atoms with Crippen LogP contribution in [0.4, 0.5) is 5.69 Å². The Kier molecular flexibility index (Phi) is 4.86. The Morgan fingerprint density at radius 2 is 1.69 bits per heavy atom. The maximum atomic E-state index is 12.2. The van der Waals surface area contributed by atoms with Crippen LogP contribution in [0, 0.1) is 13.8 Å². The zero-order valence-corrected chi connectivity index (χ0v) is 17.8. The predicted molar refractivity (Wildman–Crippen MR) is 127 cm³/mol. The number of hydrogen-bond acceptors (Lipinski definition) is 4. The minimum Gasteiger partial charge on any atom is -0.478 e. The second-order valence-corrected chi connectivity index (χ2v) is 7.92. The molecular formula is C27H22N2O3. The Bertz CT molecular complexity index is 1470. The molecule has 158 valence electrons. The third-order valence-corrected chi connectivity index (χ3v) is 5.74. The van der Waals surface area contributed by atoms with Crippen molar-refractivity contribution in [1.82, 2.24) is 4.98 Å². The lowest BCUT2D eigenvalue weighted by Crippen LogP contribution is -2.04. The molecule has 0 saturated carbocycles. The molecule has 0 aliphatic rings. The van der Waals surface area contributed by atoms with E-state index in [1.54, 1.807) is 6.07 Å². The fourth-order valence-electron chi connectivity index (χ4n) is 4.11.